The minimum absolute atomic E-state index is 0.0854. The molecule has 0 aromatic heterocycles. The van der Waals surface area contributed by atoms with E-state index < -0.39 is 10.0 Å². The summed E-state index contributed by atoms with van der Waals surface area (Å²) < 4.78 is 27.4. The van der Waals surface area contributed by atoms with Gasteiger partial charge in [0.1, 0.15) is 0 Å². The first-order chi connectivity index (χ1) is 11.0. The molecule has 1 heterocycles. The van der Waals surface area contributed by atoms with Crippen LogP contribution in [-0.2, 0) is 16.4 Å². The zero-order chi connectivity index (χ0) is 16.4. The number of anilines is 2. The molecule has 23 heavy (non-hydrogen) atoms. The summed E-state index contributed by atoms with van der Waals surface area (Å²) in [5.41, 5.74) is 8.67. The van der Waals surface area contributed by atoms with Gasteiger partial charge in [-0.2, -0.15) is 0 Å². The van der Waals surface area contributed by atoms with Gasteiger partial charge in [-0.15, -0.1) is 0 Å². The fourth-order valence-electron chi connectivity index (χ4n) is 2.89. The Morgan fingerprint density at radius 2 is 1.87 bits per heavy atom. The molecule has 3 rings (SSSR count). The van der Waals surface area contributed by atoms with Gasteiger partial charge in [0.2, 0.25) is 10.0 Å². The molecule has 0 radical (unpaired) electrons. The lowest BCUT2D eigenvalue weighted by atomic mass is 10.2. The van der Waals surface area contributed by atoms with Crippen LogP contribution in [0, 0.1) is 0 Å². The first-order valence-corrected chi connectivity index (χ1v) is 9.15. The highest BCUT2D eigenvalue weighted by Crippen LogP contribution is 2.29. The maximum atomic E-state index is 12.3. The summed E-state index contributed by atoms with van der Waals surface area (Å²) in [5.74, 6) is 0. The fraction of sp³-hybridized carbons (Fsp3) is 0.294. The molecule has 1 aliphatic rings. The Morgan fingerprint density at radius 3 is 2.61 bits per heavy atom. The molecule has 1 aliphatic heterocycles. The van der Waals surface area contributed by atoms with Crippen LogP contribution in [0.15, 0.2) is 53.4 Å². The van der Waals surface area contributed by atoms with Crippen LogP contribution >= 0.6 is 0 Å². The van der Waals surface area contributed by atoms with Crippen molar-refractivity contribution < 1.29 is 8.42 Å². The Kier molecular flexibility index (Phi) is 4.28. The van der Waals surface area contributed by atoms with E-state index in [9.17, 15) is 8.42 Å². The highest BCUT2D eigenvalue weighted by atomic mass is 32.2. The Labute approximate surface area is 137 Å². The lowest BCUT2D eigenvalue weighted by Crippen LogP contribution is -2.41. The van der Waals surface area contributed by atoms with Crippen molar-refractivity contribution in [2.75, 3.05) is 23.7 Å². The average Bonchev–Trinajstić information content (AvgIpc) is 2.97. The molecule has 2 aromatic rings. The Hall–Kier alpha value is -2.05. The van der Waals surface area contributed by atoms with Crippen molar-refractivity contribution in [2.45, 2.75) is 24.3 Å². The van der Waals surface area contributed by atoms with Crippen molar-refractivity contribution in [2.24, 2.45) is 0 Å². The van der Waals surface area contributed by atoms with E-state index >= 15 is 0 Å². The Morgan fingerprint density at radius 1 is 1.17 bits per heavy atom. The highest BCUT2D eigenvalue weighted by molar-refractivity contribution is 7.89. The molecule has 0 aliphatic carbocycles. The second kappa shape index (κ2) is 6.22. The predicted molar refractivity (Wildman–Crippen MR) is 93.0 cm³/mol. The predicted octanol–water partition coefficient (Wildman–Crippen LogP) is 2.00. The van der Waals surface area contributed by atoms with Gasteiger partial charge in [0.05, 0.1) is 4.90 Å². The van der Waals surface area contributed by atoms with Crippen LogP contribution in [0.4, 0.5) is 11.4 Å². The van der Waals surface area contributed by atoms with E-state index in [2.05, 4.69) is 21.8 Å². The molecule has 3 N–H and O–H groups in total. The van der Waals surface area contributed by atoms with E-state index in [1.54, 1.807) is 12.1 Å². The number of fused-ring (bicyclic) bond motifs is 1. The zero-order valence-electron chi connectivity index (χ0n) is 13.1. The molecule has 6 heteroatoms. The number of hydrogen-bond donors (Lipinski definition) is 2. The molecule has 1 unspecified atom stereocenters. The van der Waals surface area contributed by atoms with Gasteiger partial charge in [0.25, 0.3) is 0 Å². The summed E-state index contributed by atoms with van der Waals surface area (Å²) in [6.07, 6.45) is 1.01. The van der Waals surface area contributed by atoms with Crippen LogP contribution in [0.2, 0.25) is 0 Å². The van der Waals surface area contributed by atoms with Crippen LogP contribution in [0.5, 0.6) is 0 Å². The van der Waals surface area contributed by atoms with Crippen molar-refractivity contribution in [3.05, 3.63) is 54.1 Å². The second-order valence-corrected chi connectivity index (χ2v) is 7.61. The van der Waals surface area contributed by atoms with Crippen LogP contribution < -0.4 is 15.4 Å². The van der Waals surface area contributed by atoms with Crippen molar-refractivity contribution in [3.63, 3.8) is 0 Å². The average molecular weight is 331 g/mol. The molecule has 0 spiro atoms. The quantitative estimate of drug-likeness (QED) is 0.822. The minimum atomic E-state index is -3.51. The third kappa shape index (κ3) is 3.33. The molecular formula is C17H21N3O2S. The monoisotopic (exact) mass is 331 g/mol. The summed E-state index contributed by atoms with van der Waals surface area (Å²) in [4.78, 5) is 2.49. The topological polar surface area (TPSA) is 75.4 Å². The highest BCUT2D eigenvalue weighted by Gasteiger charge is 2.24. The molecule has 122 valence electrons. The molecule has 0 bridgehead atoms. The SMILES string of the molecule is CC(CNS(=O)(=O)c1ccc(N)cc1)N1CCc2ccccc21. The van der Waals surface area contributed by atoms with Crippen LogP contribution in [0.3, 0.4) is 0 Å². The van der Waals surface area contributed by atoms with Crippen molar-refractivity contribution >= 4 is 21.4 Å². The maximum absolute atomic E-state index is 12.3. The van der Waals surface area contributed by atoms with E-state index in [0.29, 0.717) is 12.2 Å². The van der Waals surface area contributed by atoms with E-state index in [-0.39, 0.29) is 10.9 Å². The number of sulfonamides is 1. The lowest BCUT2D eigenvalue weighted by Gasteiger charge is -2.27. The summed E-state index contributed by atoms with van der Waals surface area (Å²) >= 11 is 0. The lowest BCUT2D eigenvalue weighted by molar-refractivity contribution is 0.566. The smallest absolute Gasteiger partial charge is 0.240 e. The fourth-order valence-corrected chi connectivity index (χ4v) is 4.01. The van der Waals surface area contributed by atoms with Gasteiger partial charge >= 0.3 is 0 Å². The number of nitrogens with zero attached hydrogens (tertiary/aromatic N) is 1. The second-order valence-electron chi connectivity index (χ2n) is 5.84. The molecule has 0 amide bonds. The number of hydrogen-bond acceptors (Lipinski definition) is 4. The maximum Gasteiger partial charge on any atom is 0.240 e. The van der Waals surface area contributed by atoms with E-state index in [1.807, 2.05) is 19.1 Å². The molecule has 2 aromatic carbocycles. The van der Waals surface area contributed by atoms with E-state index in [4.69, 9.17) is 5.73 Å². The number of benzene rings is 2. The largest absolute Gasteiger partial charge is 0.399 e. The van der Waals surface area contributed by atoms with Gasteiger partial charge in [0.15, 0.2) is 0 Å². The van der Waals surface area contributed by atoms with Crippen molar-refractivity contribution in [1.29, 1.82) is 0 Å². The number of para-hydroxylation sites is 1. The number of nitrogens with one attached hydrogen (secondary N) is 1. The molecule has 0 fully saturated rings. The Bertz CT molecular complexity index is 788. The summed E-state index contributed by atoms with van der Waals surface area (Å²) in [6.45, 7) is 3.32. The molecular weight excluding hydrogens is 310 g/mol. The summed E-state index contributed by atoms with van der Waals surface area (Å²) in [5, 5.41) is 0. The zero-order valence-corrected chi connectivity index (χ0v) is 13.9. The van der Waals surface area contributed by atoms with Crippen molar-refractivity contribution in [1.82, 2.24) is 4.72 Å². The molecule has 0 saturated heterocycles. The standard InChI is InChI=1S/C17H21N3O2S/c1-13(20-11-10-14-4-2-3-5-17(14)20)12-19-23(21,22)16-8-6-15(18)7-9-16/h2-9,13,19H,10-12,18H2,1H3. The third-order valence-electron chi connectivity index (χ3n) is 4.21. The molecule has 0 saturated carbocycles. The molecule has 5 nitrogen and oxygen atoms in total. The number of rotatable bonds is 5. The van der Waals surface area contributed by atoms with E-state index in [0.717, 1.165) is 13.0 Å². The summed E-state index contributed by atoms with van der Waals surface area (Å²) in [7, 11) is -3.51. The van der Waals surface area contributed by atoms with Crippen LogP contribution in [-0.4, -0.2) is 27.5 Å². The van der Waals surface area contributed by atoms with Gasteiger partial charge in [-0.05, 0) is 49.2 Å². The van der Waals surface area contributed by atoms with Gasteiger partial charge in [-0.1, -0.05) is 18.2 Å². The first-order valence-electron chi connectivity index (χ1n) is 7.67. The van der Waals surface area contributed by atoms with Gasteiger partial charge in [-0.3, -0.25) is 0 Å². The van der Waals surface area contributed by atoms with E-state index in [1.165, 1.54) is 23.4 Å². The summed E-state index contributed by atoms with van der Waals surface area (Å²) in [6, 6.07) is 14.6. The normalized spacial score (nSPS) is 15.4. The van der Waals surface area contributed by atoms with Crippen LogP contribution in [0.1, 0.15) is 12.5 Å². The molecule has 1 atom stereocenters. The third-order valence-corrected chi connectivity index (χ3v) is 5.65. The van der Waals surface area contributed by atoms with Gasteiger partial charge in [-0.25, -0.2) is 13.1 Å². The van der Waals surface area contributed by atoms with Gasteiger partial charge in [0, 0.05) is 30.5 Å². The number of nitrogen functional groups attached to an aromatic ring is 1. The minimum Gasteiger partial charge on any atom is -0.399 e. The van der Waals surface area contributed by atoms with Crippen LogP contribution in [0.25, 0.3) is 0 Å². The Balaban J connectivity index is 1.67. The van der Waals surface area contributed by atoms with Gasteiger partial charge < -0.3 is 10.6 Å². The van der Waals surface area contributed by atoms with Crippen molar-refractivity contribution in [3.8, 4) is 0 Å². The number of nitrogens with two attached hydrogens (primary N) is 1. The first kappa shape index (κ1) is 15.8.